The molecule has 1 saturated carbocycles. The second-order valence-corrected chi connectivity index (χ2v) is 5.63. The lowest BCUT2D eigenvalue weighted by Gasteiger charge is -2.27. The van der Waals surface area contributed by atoms with Crippen molar-refractivity contribution in [2.75, 3.05) is 0 Å². The summed E-state index contributed by atoms with van der Waals surface area (Å²) in [5.41, 5.74) is -1.19. The van der Waals surface area contributed by atoms with Crippen molar-refractivity contribution >= 4 is 12.0 Å². The van der Waals surface area contributed by atoms with E-state index in [0.29, 0.717) is 6.42 Å². The number of hydrogen-bond acceptors (Lipinski definition) is 2. The second kappa shape index (κ2) is 7.36. The van der Waals surface area contributed by atoms with Gasteiger partial charge in [0.15, 0.2) is 0 Å². The average Bonchev–Trinajstić information content (AvgIpc) is 2.32. The number of amides is 2. The molecular formula is C14H26N2O3. The molecule has 1 fully saturated rings. The Morgan fingerprint density at radius 3 is 2.16 bits per heavy atom. The summed E-state index contributed by atoms with van der Waals surface area (Å²) in [5.74, 6) is -0.997. The van der Waals surface area contributed by atoms with E-state index in [4.69, 9.17) is 5.11 Å². The van der Waals surface area contributed by atoms with Crippen LogP contribution in [-0.2, 0) is 4.79 Å². The smallest absolute Gasteiger partial charge is 0.329 e. The third kappa shape index (κ3) is 5.09. The molecule has 0 radical (unpaired) electrons. The number of carbonyl (C=O) groups excluding carboxylic acids is 1. The Morgan fingerprint density at radius 1 is 1.16 bits per heavy atom. The summed E-state index contributed by atoms with van der Waals surface area (Å²) in [4.78, 5) is 23.0. The van der Waals surface area contributed by atoms with Crippen LogP contribution in [0.4, 0.5) is 4.79 Å². The van der Waals surface area contributed by atoms with E-state index in [1.165, 1.54) is 26.2 Å². The van der Waals surface area contributed by atoms with Gasteiger partial charge in [0.2, 0.25) is 0 Å². The van der Waals surface area contributed by atoms with Crippen molar-refractivity contribution in [3.05, 3.63) is 0 Å². The third-order valence-electron chi connectivity index (χ3n) is 4.01. The molecule has 0 saturated heterocycles. The molecule has 0 aliphatic heterocycles. The standard InChI is InChI=1S/C14H26N2O3/c1-3-14(2,12(17)18)16-13(19)15-11-9-7-5-4-6-8-10-11/h11H,3-10H2,1-2H3,(H,17,18)(H2,15,16,19). The fourth-order valence-electron chi connectivity index (χ4n) is 2.37. The van der Waals surface area contributed by atoms with Crippen LogP contribution in [0.5, 0.6) is 0 Å². The fraction of sp³-hybridized carbons (Fsp3) is 0.857. The van der Waals surface area contributed by atoms with E-state index in [-0.39, 0.29) is 12.1 Å². The van der Waals surface area contributed by atoms with Crippen LogP contribution in [0.25, 0.3) is 0 Å². The van der Waals surface area contributed by atoms with Gasteiger partial charge in [-0.05, 0) is 26.2 Å². The summed E-state index contributed by atoms with van der Waals surface area (Å²) in [6, 6.07) is -0.187. The molecule has 0 aromatic heterocycles. The number of aliphatic carboxylic acids is 1. The number of rotatable bonds is 4. The highest BCUT2D eigenvalue weighted by Gasteiger charge is 2.33. The summed E-state index contributed by atoms with van der Waals surface area (Å²) >= 11 is 0. The molecule has 0 aromatic carbocycles. The summed E-state index contributed by atoms with van der Waals surface area (Å²) in [5, 5.41) is 14.6. The Kier molecular flexibility index (Phi) is 6.12. The quantitative estimate of drug-likeness (QED) is 0.735. The van der Waals surface area contributed by atoms with Crippen molar-refractivity contribution < 1.29 is 14.7 Å². The van der Waals surface area contributed by atoms with E-state index in [1.807, 2.05) is 0 Å². The summed E-state index contributed by atoms with van der Waals surface area (Å²) in [6.45, 7) is 3.29. The van der Waals surface area contributed by atoms with Crippen LogP contribution in [-0.4, -0.2) is 28.7 Å². The van der Waals surface area contributed by atoms with Crippen LogP contribution in [0.1, 0.15) is 65.2 Å². The monoisotopic (exact) mass is 270 g/mol. The van der Waals surface area contributed by atoms with E-state index < -0.39 is 11.5 Å². The van der Waals surface area contributed by atoms with Gasteiger partial charge in [-0.1, -0.05) is 39.0 Å². The molecule has 5 heteroatoms. The van der Waals surface area contributed by atoms with Gasteiger partial charge < -0.3 is 15.7 Å². The molecular weight excluding hydrogens is 244 g/mol. The van der Waals surface area contributed by atoms with Crippen molar-refractivity contribution in [2.45, 2.75) is 76.8 Å². The Morgan fingerprint density at radius 2 is 1.68 bits per heavy atom. The largest absolute Gasteiger partial charge is 0.480 e. The third-order valence-corrected chi connectivity index (χ3v) is 4.01. The number of carboxylic acids is 1. The molecule has 0 aromatic rings. The molecule has 1 atom stereocenters. The van der Waals surface area contributed by atoms with Crippen molar-refractivity contribution in [2.24, 2.45) is 0 Å². The first-order valence-corrected chi connectivity index (χ1v) is 7.30. The number of hydrogen-bond donors (Lipinski definition) is 3. The molecule has 1 aliphatic carbocycles. The van der Waals surface area contributed by atoms with Gasteiger partial charge in [0.25, 0.3) is 0 Å². The number of carboxylic acid groups (broad SMARTS) is 1. The lowest BCUT2D eigenvalue weighted by atomic mass is 9.96. The van der Waals surface area contributed by atoms with Crippen LogP contribution in [0.2, 0.25) is 0 Å². The first-order valence-electron chi connectivity index (χ1n) is 7.30. The van der Waals surface area contributed by atoms with E-state index in [2.05, 4.69) is 10.6 Å². The summed E-state index contributed by atoms with van der Waals surface area (Å²) in [7, 11) is 0. The predicted octanol–water partition coefficient (Wildman–Crippen LogP) is 2.65. The lowest BCUT2D eigenvalue weighted by Crippen LogP contribution is -2.56. The fourth-order valence-corrected chi connectivity index (χ4v) is 2.37. The van der Waals surface area contributed by atoms with E-state index >= 15 is 0 Å². The Hall–Kier alpha value is -1.26. The summed E-state index contributed by atoms with van der Waals surface area (Å²) in [6.07, 6.45) is 8.34. The highest BCUT2D eigenvalue weighted by Crippen LogP contribution is 2.17. The van der Waals surface area contributed by atoms with Gasteiger partial charge in [0.1, 0.15) is 5.54 Å². The SMILES string of the molecule is CCC(C)(NC(=O)NC1CCCCCCC1)C(=O)O. The Bertz CT molecular complexity index is 312. The lowest BCUT2D eigenvalue weighted by molar-refractivity contribution is -0.143. The van der Waals surface area contributed by atoms with E-state index in [1.54, 1.807) is 6.92 Å². The van der Waals surface area contributed by atoms with Crippen molar-refractivity contribution in [1.82, 2.24) is 10.6 Å². The Labute approximate surface area is 115 Å². The molecule has 0 heterocycles. The maximum atomic E-state index is 11.9. The molecule has 1 rings (SSSR count). The first kappa shape index (κ1) is 15.8. The van der Waals surface area contributed by atoms with Gasteiger partial charge in [-0.2, -0.15) is 0 Å². The second-order valence-electron chi connectivity index (χ2n) is 5.63. The van der Waals surface area contributed by atoms with Crippen molar-refractivity contribution in [1.29, 1.82) is 0 Å². The number of urea groups is 1. The van der Waals surface area contributed by atoms with Crippen LogP contribution in [0.15, 0.2) is 0 Å². The maximum Gasteiger partial charge on any atom is 0.329 e. The van der Waals surface area contributed by atoms with Crippen LogP contribution < -0.4 is 10.6 Å². The number of carbonyl (C=O) groups is 2. The van der Waals surface area contributed by atoms with Crippen LogP contribution in [0, 0.1) is 0 Å². The predicted molar refractivity (Wildman–Crippen MR) is 74.1 cm³/mol. The molecule has 5 nitrogen and oxygen atoms in total. The topological polar surface area (TPSA) is 78.4 Å². The minimum Gasteiger partial charge on any atom is -0.480 e. The molecule has 3 N–H and O–H groups in total. The molecule has 1 unspecified atom stereocenters. The maximum absolute atomic E-state index is 11.9. The molecule has 110 valence electrons. The van der Waals surface area contributed by atoms with Gasteiger partial charge in [-0.15, -0.1) is 0 Å². The van der Waals surface area contributed by atoms with E-state index in [9.17, 15) is 9.59 Å². The zero-order valence-corrected chi connectivity index (χ0v) is 12.0. The highest BCUT2D eigenvalue weighted by atomic mass is 16.4. The van der Waals surface area contributed by atoms with Crippen LogP contribution in [0.3, 0.4) is 0 Å². The molecule has 2 amide bonds. The van der Waals surface area contributed by atoms with Gasteiger partial charge in [0, 0.05) is 6.04 Å². The number of nitrogens with one attached hydrogen (secondary N) is 2. The van der Waals surface area contributed by atoms with Gasteiger partial charge >= 0.3 is 12.0 Å². The molecule has 0 spiro atoms. The zero-order valence-electron chi connectivity index (χ0n) is 12.0. The molecule has 1 aliphatic rings. The Balaban J connectivity index is 2.46. The minimum atomic E-state index is -1.19. The first-order chi connectivity index (χ1) is 8.98. The minimum absolute atomic E-state index is 0.176. The summed E-state index contributed by atoms with van der Waals surface area (Å²) < 4.78 is 0. The average molecular weight is 270 g/mol. The highest BCUT2D eigenvalue weighted by molar-refractivity contribution is 5.85. The molecule has 19 heavy (non-hydrogen) atoms. The van der Waals surface area contributed by atoms with Gasteiger partial charge in [0.05, 0.1) is 0 Å². The molecule has 0 bridgehead atoms. The zero-order chi connectivity index (χ0) is 14.3. The van der Waals surface area contributed by atoms with Crippen LogP contribution >= 0.6 is 0 Å². The van der Waals surface area contributed by atoms with Gasteiger partial charge in [-0.3, -0.25) is 0 Å². The van der Waals surface area contributed by atoms with Crippen molar-refractivity contribution in [3.63, 3.8) is 0 Å². The normalized spacial score (nSPS) is 20.7. The van der Waals surface area contributed by atoms with Gasteiger partial charge in [-0.25, -0.2) is 9.59 Å². The van der Waals surface area contributed by atoms with E-state index in [0.717, 1.165) is 25.7 Å². The van der Waals surface area contributed by atoms with Crippen molar-refractivity contribution in [3.8, 4) is 0 Å².